The van der Waals surface area contributed by atoms with Crippen LogP contribution in [0.2, 0.25) is 0 Å². The molecule has 1 unspecified atom stereocenters. The lowest BCUT2D eigenvalue weighted by molar-refractivity contribution is -0.134. The van der Waals surface area contributed by atoms with Crippen molar-refractivity contribution in [3.8, 4) is 0 Å². The maximum atomic E-state index is 13.1. The maximum absolute atomic E-state index is 13.1. The van der Waals surface area contributed by atoms with Crippen LogP contribution in [0.25, 0.3) is 0 Å². The van der Waals surface area contributed by atoms with Gasteiger partial charge in [0.2, 0.25) is 15.9 Å². The predicted octanol–water partition coefficient (Wildman–Crippen LogP) is 2.85. The van der Waals surface area contributed by atoms with E-state index in [-0.39, 0.29) is 17.3 Å². The number of nitrogens with one attached hydrogen (secondary N) is 1. The summed E-state index contributed by atoms with van der Waals surface area (Å²) in [5, 5.41) is 0. The monoisotopic (exact) mass is 344 g/mol. The number of sulfonamides is 1. The van der Waals surface area contributed by atoms with Crippen molar-refractivity contribution in [3.05, 3.63) is 30.1 Å². The second-order valence-corrected chi connectivity index (χ2v) is 7.39. The van der Waals surface area contributed by atoms with Gasteiger partial charge in [0.1, 0.15) is 5.82 Å². The van der Waals surface area contributed by atoms with E-state index >= 15 is 0 Å². The summed E-state index contributed by atoms with van der Waals surface area (Å²) in [6, 6.07) is 5.22. The van der Waals surface area contributed by atoms with E-state index in [1.54, 1.807) is 11.8 Å². The molecule has 1 rings (SSSR count). The van der Waals surface area contributed by atoms with Crippen LogP contribution in [-0.4, -0.2) is 38.1 Å². The van der Waals surface area contributed by atoms with Gasteiger partial charge in [-0.25, -0.2) is 12.8 Å². The molecule has 0 bridgehead atoms. The molecule has 0 heterocycles. The smallest absolute Gasteiger partial charge is 0.233 e. The molecule has 0 aliphatic heterocycles. The molecule has 1 atom stereocenters. The first kappa shape index (κ1) is 19.4. The molecule has 1 amide bonds. The average molecular weight is 344 g/mol. The van der Waals surface area contributed by atoms with Crippen LogP contribution in [0.4, 0.5) is 10.1 Å². The Kier molecular flexibility index (Phi) is 7.48. The summed E-state index contributed by atoms with van der Waals surface area (Å²) in [5.74, 6) is -1.67. The first-order valence-electron chi connectivity index (χ1n) is 7.84. The molecule has 0 aliphatic carbocycles. The molecule has 1 aromatic carbocycles. The van der Waals surface area contributed by atoms with Crippen LogP contribution in [0.5, 0.6) is 0 Å². The molecular formula is C16H25FN2O3S. The lowest BCUT2D eigenvalue weighted by Crippen LogP contribution is -2.39. The van der Waals surface area contributed by atoms with Crippen LogP contribution in [0.15, 0.2) is 24.3 Å². The third-order valence-electron chi connectivity index (χ3n) is 3.29. The SMILES string of the molecule is CCCN(CCC)C(=O)C(C)CS(=O)(=O)Nc1cccc(F)c1. The van der Waals surface area contributed by atoms with E-state index < -0.39 is 21.8 Å². The molecule has 0 aromatic heterocycles. The van der Waals surface area contributed by atoms with Crippen molar-refractivity contribution in [1.29, 1.82) is 0 Å². The topological polar surface area (TPSA) is 66.5 Å². The zero-order valence-corrected chi connectivity index (χ0v) is 14.7. The Balaban J connectivity index is 2.73. The van der Waals surface area contributed by atoms with Crippen molar-refractivity contribution in [1.82, 2.24) is 4.90 Å². The predicted molar refractivity (Wildman–Crippen MR) is 90.1 cm³/mol. The summed E-state index contributed by atoms with van der Waals surface area (Å²) in [4.78, 5) is 14.1. The number of carbonyl (C=O) groups excluding carboxylic acids is 1. The minimum Gasteiger partial charge on any atom is -0.342 e. The van der Waals surface area contributed by atoms with Gasteiger partial charge in [-0.2, -0.15) is 0 Å². The van der Waals surface area contributed by atoms with Gasteiger partial charge >= 0.3 is 0 Å². The fourth-order valence-electron chi connectivity index (χ4n) is 2.36. The molecule has 0 radical (unpaired) electrons. The molecule has 7 heteroatoms. The van der Waals surface area contributed by atoms with Crippen LogP contribution in [0.3, 0.4) is 0 Å². The highest BCUT2D eigenvalue weighted by molar-refractivity contribution is 7.92. The van der Waals surface area contributed by atoms with Crippen molar-refractivity contribution in [3.63, 3.8) is 0 Å². The first-order chi connectivity index (χ1) is 10.8. The van der Waals surface area contributed by atoms with E-state index in [0.29, 0.717) is 13.1 Å². The number of rotatable bonds is 9. The highest BCUT2D eigenvalue weighted by Crippen LogP contribution is 2.14. The quantitative estimate of drug-likeness (QED) is 0.749. The molecule has 1 N–H and O–H groups in total. The zero-order chi connectivity index (χ0) is 17.5. The van der Waals surface area contributed by atoms with Gasteiger partial charge < -0.3 is 4.90 Å². The van der Waals surface area contributed by atoms with Crippen LogP contribution in [0.1, 0.15) is 33.6 Å². The summed E-state index contributed by atoms with van der Waals surface area (Å²) >= 11 is 0. The van der Waals surface area contributed by atoms with Gasteiger partial charge in [-0.05, 0) is 31.0 Å². The van der Waals surface area contributed by atoms with Gasteiger partial charge in [0, 0.05) is 13.1 Å². The van der Waals surface area contributed by atoms with Crippen molar-refractivity contribution < 1.29 is 17.6 Å². The number of nitrogens with zero attached hydrogens (tertiary/aromatic N) is 1. The average Bonchev–Trinajstić information content (AvgIpc) is 2.45. The van der Waals surface area contributed by atoms with Crippen LogP contribution < -0.4 is 4.72 Å². The Labute approximate surface area is 137 Å². The van der Waals surface area contributed by atoms with Crippen molar-refractivity contribution in [2.45, 2.75) is 33.6 Å². The van der Waals surface area contributed by atoms with E-state index in [2.05, 4.69) is 4.72 Å². The van der Waals surface area contributed by atoms with Gasteiger partial charge in [-0.3, -0.25) is 9.52 Å². The Morgan fingerprint density at radius 2 is 1.87 bits per heavy atom. The Hall–Kier alpha value is -1.63. The zero-order valence-electron chi connectivity index (χ0n) is 13.9. The summed E-state index contributed by atoms with van der Waals surface area (Å²) in [7, 11) is -3.72. The lowest BCUT2D eigenvalue weighted by atomic mass is 10.1. The summed E-state index contributed by atoms with van der Waals surface area (Å²) in [5.41, 5.74) is 0.156. The minimum atomic E-state index is -3.72. The molecule has 1 aromatic rings. The largest absolute Gasteiger partial charge is 0.342 e. The second kappa shape index (κ2) is 8.86. The van der Waals surface area contributed by atoms with Crippen LogP contribution in [-0.2, 0) is 14.8 Å². The van der Waals surface area contributed by atoms with E-state index in [9.17, 15) is 17.6 Å². The summed E-state index contributed by atoms with van der Waals surface area (Å²) in [6.07, 6.45) is 1.65. The van der Waals surface area contributed by atoms with Crippen LogP contribution >= 0.6 is 0 Å². The third-order valence-corrected chi connectivity index (χ3v) is 4.77. The normalized spacial score (nSPS) is 12.7. The molecule has 0 aliphatic rings. The Morgan fingerprint density at radius 1 is 1.26 bits per heavy atom. The number of benzene rings is 1. The summed E-state index contributed by atoms with van der Waals surface area (Å²) < 4.78 is 39.7. The van der Waals surface area contributed by atoms with E-state index in [0.717, 1.165) is 18.9 Å². The number of hydrogen-bond acceptors (Lipinski definition) is 3. The van der Waals surface area contributed by atoms with Crippen molar-refractivity contribution >= 4 is 21.6 Å². The number of amides is 1. The van der Waals surface area contributed by atoms with E-state index in [4.69, 9.17) is 0 Å². The van der Waals surface area contributed by atoms with Crippen LogP contribution in [0, 0.1) is 11.7 Å². The molecule has 130 valence electrons. The number of anilines is 1. The Morgan fingerprint density at radius 3 is 2.39 bits per heavy atom. The molecule has 0 saturated carbocycles. The molecular weight excluding hydrogens is 319 g/mol. The Bertz CT molecular complexity index is 614. The molecule has 0 saturated heterocycles. The fraction of sp³-hybridized carbons (Fsp3) is 0.562. The standard InChI is InChI=1S/C16H25FN2O3S/c1-4-9-19(10-5-2)16(20)13(3)12-23(21,22)18-15-8-6-7-14(17)11-15/h6-8,11,13,18H,4-5,9-10,12H2,1-3H3. The second-order valence-electron chi connectivity index (χ2n) is 5.62. The van der Waals surface area contributed by atoms with Gasteiger partial charge in [-0.1, -0.05) is 26.8 Å². The number of hydrogen-bond donors (Lipinski definition) is 1. The molecule has 0 fully saturated rings. The molecule has 0 spiro atoms. The first-order valence-corrected chi connectivity index (χ1v) is 9.49. The van der Waals surface area contributed by atoms with Crippen molar-refractivity contribution in [2.75, 3.05) is 23.6 Å². The van der Waals surface area contributed by atoms with E-state index in [1.165, 1.54) is 18.2 Å². The number of halogens is 1. The highest BCUT2D eigenvalue weighted by atomic mass is 32.2. The van der Waals surface area contributed by atoms with Gasteiger partial charge in [0.15, 0.2) is 0 Å². The highest BCUT2D eigenvalue weighted by Gasteiger charge is 2.25. The molecule has 23 heavy (non-hydrogen) atoms. The minimum absolute atomic E-state index is 0.156. The van der Waals surface area contributed by atoms with Gasteiger partial charge in [-0.15, -0.1) is 0 Å². The number of carbonyl (C=O) groups is 1. The van der Waals surface area contributed by atoms with Crippen molar-refractivity contribution in [2.24, 2.45) is 5.92 Å². The molecule has 5 nitrogen and oxygen atoms in total. The van der Waals surface area contributed by atoms with Gasteiger partial charge in [0.05, 0.1) is 17.4 Å². The fourth-order valence-corrected chi connectivity index (χ4v) is 3.73. The lowest BCUT2D eigenvalue weighted by Gasteiger charge is -2.25. The maximum Gasteiger partial charge on any atom is 0.233 e. The van der Waals surface area contributed by atoms with Gasteiger partial charge in [0.25, 0.3) is 0 Å². The van der Waals surface area contributed by atoms with E-state index in [1.807, 2.05) is 13.8 Å². The third kappa shape index (κ3) is 6.56. The summed E-state index contributed by atoms with van der Waals surface area (Å²) in [6.45, 7) is 6.79.